The number of rotatable bonds is 6. The van der Waals surface area contributed by atoms with E-state index in [4.69, 9.17) is 13.6 Å². The van der Waals surface area contributed by atoms with Gasteiger partial charge in [0, 0.05) is 0 Å². The summed E-state index contributed by atoms with van der Waals surface area (Å²) in [6.45, 7) is 8.00. The van der Waals surface area contributed by atoms with E-state index in [1.54, 1.807) is 72.8 Å². The van der Waals surface area contributed by atoms with E-state index in [1.807, 2.05) is 45.9 Å². The summed E-state index contributed by atoms with van der Waals surface area (Å²) in [7, 11) is -3.89. The van der Waals surface area contributed by atoms with Gasteiger partial charge in [-0.1, -0.05) is 82.3 Å². The number of hydrogen-bond donors (Lipinski definition) is 0. The molecule has 0 aliphatic carbocycles. The van der Waals surface area contributed by atoms with Gasteiger partial charge < -0.3 is 13.6 Å². The summed E-state index contributed by atoms with van der Waals surface area (Å²) in [5, 5.41) is 0. The minimum Gasteiger partial charge on any atom is -0.386 e. The fraction of sp³-hybridized carbons (Fsp3) is 0.182. The molecule has 0 amide bonds. The van der Waals surface area contributed by atoms with Crippen LogP contribution in [0.15, 0.2) is 91.0 Å². The maximum Gasteiger partial charge on any atom is 0.647 e. The standard InChI is InChI=1S/C18H15O4P.2C2H6/c19-23(20-16-10-4-1-5-11-16,21-17-12-6-2-7-13-17)22-18-14-8-3-9-15-18;2*1-2/h1-15H;2*1-2H3. The van der Waals surface area contributed by atoms with Crippen molar-refractivity contribution in [1.29, 1.82) is 0 Å². The molecular formula is C22H27O4P. The van der Waals surface area contributed by atoms with E-state index in [9.17, 15) is 4.57 Å². The number of benzene rings is 3. The van der Waals surface area contributed by atoms with Crippen molar-refractivity contribution in [2.45, 2.75) is 27.7 Å². The Morgan fingerprint density at radius 3 is 0.926 bits per heavy atom. The van der Waals surface area contributed by atoms with Crippen molar-refractivity contribution < 1.29 is 18.1 Å². The quantitative estimate of drug-likeness (QED) is 0.414. The summed E-state index contributed by atoms with van der Waals surface area (Å²) in [5.41, 5.74) is 0. The highest BCUT2D eigenvalue weighted by Crippen LogP contribution is 2.49. The van der Waals surface area contributed by atoms with Crippen molar-refractivity contribution in [1.82, 2.24) is 0 Å². The van der Waals surface area contributed by atoms with Crippen LogP contribution in [-0.4, -0.2) is 0 Å². The van der Waals surface area contributed by atoms with Gasteiger partial charge in [0.2, 0.25) is 0 Å². The third kappa shape index (κ3) is 8.02. The number of phosphoric acid groups is 1. The van der Waals surface area contributed by atoms with Crippen LogP contribution in [0.25, 0.3) is 0 Å². The molecule has 0 aliphatic heterocycles. The second kappa shape index (κ2) is 12.6. The van der Waals surface area contributed by atoms with Crippen molar-refractivity contribution in [3.8, 4) is 17.2 Å². The van der Waals surface area contributed by atoms with Crippen molar-refractivity contribution in [3.63, 3.8) is 0 Å². The van der Waals surface area contributed by atoms with Crippen molar-refractivity contribution in [2.24, 2.45) is 0 Å². The largest absolute Gasteiger partial charge is 0.647 e. The highest BCUT2D eigenvalue weighted by atomic mass is 31.2. The maximum absolute atomic E-state index is 13.1. The molecule has 3 rings (SSSR count). The van der Waals surface area contributed by atoms with Crippen LogP contribution in [0, 0.1) is 0 Å². The Hall–Kier alpha value is -2.71. The monoisotopic (exact) mass is 386 g/mol. The summed E-state index contributed by atoms with van der Waals surface area (Å²) in [6, 6.07) is 26.4. The Labute approximate surface area is 162 Å². The zero-order valence-corrected chi connectivity index (χ0v) is 17.1. The molecule has 0 aliphatic rings. The average Bonchev–Trinajstić information content (AvgIpc) is 2.73. The van der Waals surface area contributed by atoms with Crippen LogP contribution >= 0.6 is 7.82 Å². The molecule has 0 radical (unpaired) electrons. The third-order valence-corrected chi connectivity index (χ3v) is 4.18. The van der Waals surface area contributed by atoms with E-state index in [-0.39, 0.29) is 0 Å². The Balaban J connectivity index is 0.000000855. The van der Waals surface area contributed by atoms with Gasteiger partial charge in [-0.3, -0.25) is 0 Å². The second-order valence-corrected chi connectivity index (χ2v) is 6.10. The van der Waals surface area contributed by atoms with E-state index >= 15 is 0 Å². The Bertz CT molecular complexity index is 669. The number of phosphoric ester groups is 1. The Morgan fingerprint density at radius 2 is 0.704 bits per heavy atom. The van der Waals surface area contributed by atoms with Crippen molar-refractivity contribution in [3.05, 3.63) is 91.0 Å². The minimum atomic E-state index is -3.89. The zero-order chi connectivity index (χ0) is 20.0. The summed E-state index contributed by atoms with van der Waals surface area (Å²) in [5.74, 6) is 1.22. The van der Waals surface area contributed by atoms with Crippen LogP contribution < -0.4 is 13.6 Å². The maximum atomic E-state index is 13.1. The van der Waals surface area contributed by atoms with Gasteiger partial charge in [-0.05, 0) is 36.4 Å². The molecule has 0 unspecified atom stereocenters. The van der Waals surface area contributed by atoms with Crippen molar-refractivity contribution in [2.75, 3.05) is 0 Å². The van der Waals surface area contributed by atoms with Gasteiger partial charge >= 0.3 is 7.82 Å². The summed E-state index contributed by atoms with van der Waals surface area (Å²) in [6.07, 6.45) is 0. The van der Waals surface area contributed by atoms with Crippen LogP contribution in [0.1, 0.15) is 27.7 Å². The highest BCUT2D eigenvalue weighted by Gasteiger charge is 2.33. The molecule has 3 aromatic rings. The lowest BCUT2D eigenvalue weighted by Crippen LogP contribution is -2.07. The fourth-order valence-corrected chi connectivity index (χ4v) is 3.14. The number of para-hydroxylation sites is 3. The van der Waals surface area contributed by atoms with E-state index in [2.05, 4.69) is 0 Å². The molecule has 0 heterocycles. The number of hydrogen-bond acceptors (Lipinski definition) is 4. The molecular weight excluding hydrogens is 359 g/mol. The molecule has 0 saturated carbocycles. The van der Waals surface area contributed by atoms with E-state index in [1.165, 1.54) is 0 Å². The summed E-state index contributed by atoms with van der Waals surface area (Å²) < 4.78 is 29.6. The highest BCUT2D eigenvalue weighted by molar-refractivity contribution is 7.49. The molecule has 144 valence electrons. The van der Waals surface area contributed by atoms with E-state index < -0.39 is 7.82 Å². The zero-order valence-electron chi connectivity index (χ0n) is 16.2. The molecule has 5 heteroatoms. The van der Waals surface area contributed by atoms with E-state index in [0.29, 0.717) is 17.2 Å². The Kier molecular flexibility index (Phi) is 10.4. The van der Waals surface area contributed by atoms with Crippen molar-refractivity contribution >= 4 is 7.82 Å². The molecule has 4 nitrogen and oxygen atoms in total. The first-order chi connectivity index (χ1) is 13.2. The van der Waals surface area contributed by atoms with Gasteiger partial charge in [-0.25, -0.2) is 0 Å². The molecule has 0 saturated heterocycles. The first kappa shape index (κ1) is 22.3. The predicted octanol–water partition coefficient (Wildman–Crippen LogP) is 7.38. The smallest absolute Gasteiger partial charge is 0.386 e. The van der Waals surface area contributed by atoms with Gasteiger partial charge in [-0.2, -0.15) is 4.57 Å². The normalized spacial score (nSPS) is 9.63. The molecule has 0 bridgehead atoms. The fourth-order valence-electron chi connectivity index (χ4n) is 1.89. The Morgan fingerprint density at radius 1 is 0.481 bits per heavy atom. The molecule has 0 atom stereocenters. The topological polar surface area (TPSA) is 44.8 Å². The van der Waals surface area contributed by atoms with Crippen LogP contribution in [0.5, 0.6) is 17.2 Å². The second-order valence-electron chi connectivity index (χ2n) is 4.66. The SMILES string of the molecule is CC.CC.O=P(Oc1ccccc1)(Oc1ccccc1)Oc1ccccc1. The van der Waals surface area contributed by atoms with Crippen LogP contribution in [-0.2, 0) is 4.57 Å². The molecule has 0 spiro atoms. The average molecular weight is 386 g/mol. The van der Waals surface area contributed by atoms with Crippen LogP contribution in [0.4, 0.5) is 0 Å². The molecule has 3 aromatic carbocycles. The van der Waals surface area contributed by atoms with Crippen LogP contribution in [0.3, 0.4) is 0 Å². The van der Waals surface area contributed by atoms with Crippen LogP contribution in [0.2, 0.25) is 0 Å². The third-order valence-electron chi connectivity index (χ3n) is 2.88. The molecule has 0 aromatic heterocycles. The first-order valence-electron chi connectivity index (χ1n) is 9.07. The predicted molar refractivity (Wildman–Crippen MR) is 112 cm³/mol. The lowest BCUT2D eigenvalue weighted by molar-refractivity contribution is 0.298. The molecule has 0 N–H and O–H groups in total. The van der Waals surface area contributed by atoms with Gasteiger partial charge in [0.1, 0.15) is 17.2 Å². The summed E-state index contributed by atoms with van der Waals surface area (Å²) >= 11 is 0. The van der Waals surface area contributed by atoms with Gasteiger partial charge in [0.25, 0.3) is 0 Å². The van der Waals surface area contributed by atoms with Gasteiger partial charge in [0.15, 0.2) is 0 Å². The van der Waals surface area contributed by atoms with Gasteiger partial charge in [-0.15, -0.1) is 0 Å². The lowest BCUT2D eigenvalue weighted by Gasteiger charge is -2.19. The van der Waals surface area contributed by atoms with Gasteiger partial charge in [0.05, 0.1) is 0 Å². The lowest BCUT2D eigenvalue weighted by atomic mass is 10.3. The minimum absolute atomic E-state index is 0.405. The summed E-state index contributed by atoms with van der Waals surface area (Å²) in [4.78, 5) is 0. The first-order valence-corrected chi connectivity index (χ1v) is 10.5. The van der Waals surface area contributed by atoms with E-state index in [0.717, 1.165) is 0 Å². The molecule has 27 heavy (non-hydrogen) atoms. The molecule has 0 fully saturated rings.